The van der Waals surface area contributed by atoms with Gasteiger partial charge in [-0.05, 0) is 62.3 Å². The second-order valence-electron chi connectivity index (χ2n) is 9.41. The van der Waals surface area contributed by atoms with Crippen molar-refractivity contribution in [3.05, 3.63) is 66.3 Å². The summed E-state index contributed by atoms with van der Waals surface area (Å²) in [6, 6.07) is 11.2. The quantitative estimate of drug-likeness (QED) is 0.269. The molecule has 8 nitrogen and oxygen atoms in total. The van der Waals surface area contributed by atoms with E-state index in [0.29, 0.717) is 12.3 Å². The van der Waals surface area contributed by atoms with Crippen LogP contribution in [-0.4, -0.2) is 61.3 Å². The Balaban J connectivity index is 1.20. The van der Waals surface area contributed by atoms with Crippen molar-refractivity contribution in [3.63, 3.8) is 0 Å². The van der Waals surface area contributed by atoms with Crippen LogP contribution >= 0.6 is 11.3 Å². The number of halogens is 1. The fourth-order valence-electron chi connectivity index (χ4n) is 5.04. The van der Waals surface area contributed by atoms with Gasteiger partial charge in [0.15, 0.2) is 10.8 Å². The molecule has 6 aromatic heterocycles. The molecule has 1 saturated heterocycles. The third-order valence-electron chi connectivity index (χ3n) is 6.96. The highest BCUT2D eigenvalue weighted by Gasteiger charge is 2.16. The van der Waals surface area contributed by atoms with Crippen LogP contribution in [0.5, 0.6) is 5.75 Å². The lowest BCUT2D eigenvalue weighted by Gasteiger charge is -2.15. The van der Waals surface area contributed by atoms with Gasteiger partial charge in [-0.15, -0.1) is 11.3 Å². The monoisotopic (exact) mass is 525 g/mol. The Morgan fingerprint density at radius 3 is 2.74 bits per heavy atom. The first kappa shape index (κ1) is 23.0. The number of fused-ring (bicyclic) bond motifs is 2. The second-order valence-corrected chi connectivity index (χ2v) is 10.4. The summed E-state index contributed by atoms with van der Waals surface area (Å²) in [5.41, 5.74) is 5.79. The molecule has 1 aliphatic heterocycles. The lowest BCUT2D eigenvalue weighted by molar-refractivity contribution is 0.237. The van der Waals surface area contributed by atoms with Crippen molar-refractivity contribution < 1.29 is 9.13 Å². The van der Waals surface area contributed by atoms with E-state index in [2.05, 4.69) is 41.1 Å². The van der Waals surface area contributed by atoms with E-state index in [4.69, 9.17) is 4.74 Å². The van der Waals surface area contributed by atoms with Crippen molar-refractivity contribution in [2.75, 3.05) is 26.2 Å². The van der Waals surface area contributed by atoms with E-state index in [1.165, 1.54) is 18.9 Å². The van der Waals surface area contributed by atoms with E-state index in [9.17, 15) is 4.39 Å². The Labute approximate surface area is 221 Å². The van der Waals surface area contributed by atoms with E-state index in [1.54, 1.807) is 24.7 Å². The van der Waals surface area contributed by atoms with Gasteiger partial charge in [-0.1, -0.05) is 0 Å². The fourth-order valence-corrected chi connectivity index (χ4v) is 5.79. The number of hydrogen-bond acceptors (Lipinski definition) is 7. The van der Waals surface area contributed by atoms with Gasteiger partial charge in [0.25, 0.3) is 0 Å². The standard InChI is InChI=1S/C28H24FN7OS/c29-25-4-3-24(38-25)27-20-13-23(33-22(20)5-6-31-27)26-21-12-18(15-32-28(21)35-34-26)17-11-19(16-30-14-17)37-10-9-36-7-1-2-8-36/h3-6,11-16,33H,1-2,7-10H2,(H,32,34,35). The highest BCUT2D eigenvalue weighted by Crippen LogP contribution is 2.35. The number of hydrogen-bond donors (Lipinski definition) is 2. The number of thiophene rings is 1. The minimum atomic E-state index is -0.233. The van der Waals surface area contributed by atoms with Gasteiger partial charge in [0.1, 0.15) is 12.4 Å². The number of rotatable bonds is 7. The number of H-pyrrole nitrogens is 2. The van der Waals surface area contributed by atoms with Crippen molar-refractivity contribution >= 4 is 33.3 Å². The zero-order valence-electron chi connectivity index (χ0n) is 20.4. The van der Waals surface area contributed by atoms with Crippen LogP contribution in [0.15, 0.2) is 61.2 Å². The van der Waals surface area contributed by atoms with Gasteiger partial charge in [-0.2, -0.15) is 9.49 Å². The molecule has 0 spiro atoms. The SMILES string of the molecule is Fc1ccc(-c2nccc3[nH]c(-c4[nH]nc5ncc(-c6cncc(OCCN7CCCC7)c6)cc45)cc23)s1. The van der Waals surface area contributed by atoms with Gasteiger partial charge in [-0.3, -0.25) is 20.0 Å². The molecule has 10 heteroatoms. The number of nitrogens with one attached hydrogen (secondary N) is 2. The van der Waals surface area contributed by atoms with Gasteiger partial charge in [0.05, 0.1) is 28.2 Å². The highest BCUT2D eigenvalue weighted by atomic mass is 32.1. The van der Waals surface area contributed by atoms with Gasteiger partial charge in [0, 0.05) is 52.6 Å². The summed E-state index contributed by atoms with van der Waals surface area (Å²) in [4.78, 5) is 20.2. The smallest absolute Gasteiger partial charge is 0.181 e. The molecule has 1 aliphatic rings. The van der Waals surface area contributed by atoms with Crippen LogP contribution in [-0.2, 0) is 0 Å². The largest absolute Gasteiger partial charge is 0.491 e. The zero-order chi connectivity index (χ0) is 25.5. The van der Waals surface area contributed by atoms with Crippen molar-refractivity contribution in [2.45, 2.75) is 12.8 Å². The van der Waals surface area contributed by atoms with E-state index >= 15 is 0 Å². The molecule has 0 atom stereocenters. The molecule has 190 valence electrons. The third-order valence-corrected chi connectivity index (χ3v) is 7.84. The Morgan fingerprint density at radius 2 is 1.87 bits per heavy atom. The number of likely N-dealkylation sites (tertiary alicyclic amines) is 1. The molecule has 0 saturated carbocycles. The van der Waals surface area contributed by atoms with Crippen LogP contribution in [0.1, 0.15) is 12.8 Å². The summed E-state index contributed by atoms with van der Waals surface area (Å²) in [5, 5.41) is 9.11. The van der Waals surface area contributed by atoms with Gasteiger partial charge < -0.3 is 9.72 Å². The number of aromatic nitrogens is 6. The van der Waals surface area contributed by atoms with Crippen LogP contribution in [0.2, 0.25) is 0 Å². The van der Waals surface area contributed by atoms with Crippen LogP contribution in [0.25, 0.3) is 55.0 Å². The fraction of sp³-hybridized carbons (Fsp3) is 0.214. The van der Waals surface area contributed by atoms with E-state index in [0.717, 1.165) is 86.1 Å². The molecule has 0 radical (unpaired) electrons. The van der Waals surface area contributed by atoms with Crippen molar-refractivity contribution in [1.29, 1.82) is 0 Å². The first-order valence-corrected chi connectivity index (χ1v) is 13.4. The first-order chi connectivity index (χ1) is 18.7. The predicted octanol–water partition coefficient (Wildman–Crippen LogP) is 5.91. The molecule has 38 heavy (non-hydrogen) atoms. The highest BCUT2D eigenvalue weighted by molar-refractivity contribution is 7.13. The molecule has 6 aromatic rings. The van der Waals surface area contributed by atoms with E-state index in [1.807, 2.05) is 24.4 Å². The lowest BCUT2D eigenvalue weighted by Crippen LogP contribution is -2.25. The minimum absolute atomic E-state index is 0.233. The molecule has 7 heterocycles. The average molecular weight is 526 g/mol. The normalized spacial score (nSPS) is 14.1. The summed E-state index contributed by atoms with van der Waals surface area (Å²) in [5.74, 6) is 0.745. The molecular weight excluding hydrogens is 501 g/mol. The molecular formula is C28H24FN7OS. The lowest BCUT2D eigenvalue weighted by atomic mass is 10.1. The second kappa shape index (κ2) is 9.62. The van der Waals surface area contributed by atoms with Gasteiger partial charge in [-0.25, -0.2) is 4.98 Å². The third kappa shape index (κ3) is 4.31. The topological polar surface area (TPSA) is 95.6 Å². The molecule has 0 amide bonds. The molecule has 0 aliphatic carbocycles. The van der Waals surface area contributed by atoms with Gasteiger partial charge >= 0.3 is 0 Å². The Morgan fingerprint density at radius 1 is 0.974 bits per heavy atom. The van der Waals surface area contributed by atoms with Crippen molar-refractivity contribution in [3.8, 4) is 38.8 Å². The number of aromatic amines is 2. The number of nitrogens with zero attached hydrogens (tertiary/aromatic N) is 5. The van der Waals surface area contributed by atoms with E-state index in [-0.39, 0.29) is 5.13 Å². The average Bonchev–Trinajstić information content (AvgIpc) is 3.74. The summed E-state index contributed by atoms with van der Waals surface area (Å²) in [6.45, 7) is 3.88. The van der Waals surface area contributed by atoms with Crippen LogP contribution in [0.3, 0.4) is 0 Å². The van der Waals surface area contributed by atoms with Crippen LogP contribution in [0.4, 0.5) is 4.39 Å². The maximum atomic E-state index is 13.7. The van der Waals surface area contributed by atoms with Crippen LogP contribution < -0.4 is 4.74 Å². The van der Waals surface area contributed by atoms with Gasteiger partial charge in [0.2, 0.25) is 0 Å². The maximum Gasteiger partial charge on any atom is 0.181 e. The molecule has 0 unspecified atom stereocenters. The molecule has 0 aromatic carbocycles. The molecule has 2 N–H and O–H groups in total. The Hall–Kier alpha value is -4.15. The summed E-state index contributed by atoms with van der Waals surface area (Å²) in [7, 11) is 0. The molecule has 7 rings (SSSR count). The molecule has 0 bridgehead atoms. The number of ether oxygens (including phenoxy) is 1. The summed E-state index contributed by atoms with van der Waals surface area (Å²) in [6.07, 6.45) is 9.64. The summed E-state index contributed by atoms with van der Waals surface area (Å²) >= 11 is 1.08. The first-order valence-electron chi connectivity index (χ1n) is 12.6. The van der Waals surface area contributed by atoms with Crippen LogP contribution in [0, 0.1) is 5.13 Å². The number of pyridine rings is 3. The van der Waals surface area contributed by atoms with Crippen molar-refractivity contribution in [2.24, 2.45) is 0 Å². The zero-order valence-corrected chi connectivity index (χ0v) is 21.3. The Bertz CT molecular complexity index is 1750. The predicted molar refractivity (Wildman–Crippen MR) is 147 cm³/mol. The van der Waals surface area contributed by atoms with E-state index < -0.39 is 0 Å². The minimum Gasteiger partial charge on any atom is -0.491 e. The Kier molecular flexibility index (Phi) is 5.82. The summed E-state index contributed by atoms with van der Waals surface area (Å²) < 4.78 is 19.7. The van der Waals surface area contributed by atoms with Crippen molar-refractivity contribution in [1.82, 2.24) is 35.0 Å². The maximum absolute atomic E-state index is 13.7. The molecule has 1 fully saturated rings.